The Bertz CT molecular complexity index is 844. The monoisotopic (exact) mass is 480 g/mol. The summed E-state index contributed by atoms with van der Waals surface area (Å²) in [5.74, 6) is -6.84. The third-order valence-electron chi connectivity index (χ3n) is 6.82. The van der Waals surface area contributed by atoms with E-state index in [0.717, 1.165) is 5.56 Å². The van der Waals surface area contributed by atoms with Gasteiger partial charge in [0.1, 0.15) is 12.1 Å². The molecule has 6 nitrogen and oxygen atoms in total. The molecule has 1 aliphatic rings. The van der Waals surface area contributed by atoms with Crippen LogP contribution in [-0.2, 0) is 20.8 Å². The van der Waals surface area contributed by atoms with Gasteiger partial charge < -0.3 is 15.3 Å². The second-order valence-electron chi connectivity index (χ2n) is 9.98. The van der Waals surface area contributed by atoms with E-state index in [2.05, 4.69) is 5.32 Å². The van der Waals surface area contributed by atoms with E-state index in [9.17, 15) is 28.3 Å². The molecule has 2 amide bonds. The van der Waals surface area contributed by atoms with E-state index in [1.165, 1.54) is 4.90 Å². The number of Topliss-reactive ketones (excluding diaryl/α,β-unsaturated/α-hetero) is 1. The number of aryl methyl sites for hydroxylation is 1. The van der Waals surface area contributed by atoms with Crippen LogP contribution < -0.4 is 5.32 Å². The Morgan fingerprint density at radius 2 is 1.71 bits per heavy atom. The van der Waals surface area contributed by atoms with E-state index in [1.54, 1.807) is 44.2 Å². The molecule has 0 spiro atoms. The number of likely N-dealkylation sites (tertiary alicyclic amines) is 1. The number of nitrogens with one attached hydrogen (secondary N) is 1. The second-order valence-corrected chi connectivity index (χ2v) is 9.98. The molecule has 1 fully saturated rings. The summed E-state index contributed by atoms with van der Waals surface area (Å²) in [5.41, 5.74) is 0.747. The Morgan fingerprint density at radius 3 is 2.26 bits per heavy atom. The minimum atomic E-state index is -4.02. The van der Waals surface area contributed by atoms with Crippen molar-refractivity contribution in [1.29, 1.82) is 0 Å². The molecular formula is C26H38F2N2O4. The van der Waals surface area contributed by atoms with Gasteiger partial charge in [0.05, 0.1) is 6.04 Å². The number of carbonyl (C=O) groups excluding carboxylic acids is 3. The van der Waals surface area contributed by atoms with Crippen molar-refractivity contribution in [3.05, 3.63) is 35.9 Å². The lowest BCUT2D eigenvalue weighted by Crippen LogP contribution is -2.59. The van der Waals surface area contributed by atoms with Gasteiger partial charge in [0.25, 0.3) is 0 Å². The molecule has 0 aliphatic carbocycles. The van der Waals surface area contributed by atoms with E-state index in [-0.39, 0.29) is 24.2 Å². The number of alkyl halides is 2. The SMILES string of the molecule is CC(C)[C@H](NC(=O)C1CCCN1C(=O)[C@@H](C)C(C)C)C(O)C(F)(F)C(=O)CCc1ccccc1. The number of rotatable bonds is 11. The van der Waals surface area contributed by atoms with Crippen LogP contribution in [0.5, 0.6) is 0 Å². The Morgan fingerprint density at radius 1 is 1.09 bits per heavy atom. The minimum Gasteiger partial charge on any atom is -0.384 e. The molecule has 2 N–H and O–H groups in total. The van der Waals surface area contributed by atoms with E-state index >= 15 is 0 Å². The number of hydrogen-bond acceptors (Lipinski definition) is 4. The van der Waals surface area contributed by atoms with Crippen molar-refractivity contribution in [2.45, 2.75) is 84.4 Å². The first kappa shape index (κ1) is 27.9. The number of ketones is 1. The van der Waals surface area contributed by atoms with Gasteiger partial charge in [0, 0.05) is 18.9 Å². The number of carbonyl (C=O) groups is 3. The lowest BCUT2D eigenvalue weighted by Gasteiger charge is -2.34. The van der Waals surface area contributed by atoms with Crippen molar-refractivity contribution in [1.82, 2.24) is 10.2 Å². The lowest BCUT2D eigenvalue weighted by atomic mass is 9.90. The predicted molar refractivity (Wildman–Crippen MR) is 126 cm³/mol. The molecule has 1 aromatic carbocycles. The highest BCUT2D eigenvalue weighted by Crippen LogP contribution is 2.29. The molecule has 4 atom stereocenters. The zero-order chi connectivity index (χ0) is 25.6. The molecule has 8 heteroatoms. The minimum absolute atomic E-state index is 0.0997. The summed E-state index contributed by atoms with van der Waals surface area (Å²) in [4.78, 5) is 39.7. The number of aliphatic hydroxyl groups excluding tert-OH is 1. The van der Waals surface area contributed by atoms with Gasteiger partial charge >= 0.3 is 5.92 Å². The predicted octanol–water partition coefficient (Wildman–Crippen LogP) is 3.61. The molecule has 0 saturated carbocycles. The number of aliphatic hydroxyl groups is 1. The van der Waals surface area contributed by atoms with Crippen LogP contribution >= 0.6 is 0 Å². The molecular weight excluding hydrogens is 442 g/mol. The standard InChI is InChI=1S/C26H38F2N2O4/c1-16(2)18(5)25(34)30-15-9-12-20(30)24(33)29-22(17(3)4)23(32)26(27,28)21(31)14-13-19-10-7-6-8-11-19/h6-8,10-11,16-18,20,22-23,32H,9,12-15H2,1-5H3,(H,29,33)/t18-,20?,22-,23?/m0/s1. The zero-order valence-electron chi connectivity index (χ0n) is 20.8. The van der Waals surface area contributed by atoms with Gasteiger partial charge in [-0.15, -0.1) is 0 Å². The van der Waals surface area contributed by atoms with E-state index in [1.807, 2.05) is 20.8 Å². The van der Waals surface area contributed by atoms with Crippen LogP contribution in [0.15, 0.2) is 30.3 Å². The molecule has 0 bridgehead atoms. The Hall–Kier alpha value is -2.35. The first-order valence-electron chi connectivity index (χ1n) is 12.1. The van der Waals surface area contributed by atoms with Crippen molar-refractivity contribution in [2.75, 3.05) is 6.54 Å². The van der Waals surface area contributed by atoms with Crippen LogP contribution in [0.3, 0.4) is 0 Å². The first-order chi connectivity index (χ1) is 15.9. The average Bonchev–Trinajstić information content (AvgIpc) is 3.29. The molecule has 0 aromatic heterocycles. The summed E-state index contributed by atoms with van der Waals surface area (Å²) in [5, 5.41) is 13.1. The van der Waals surface area contributed by atoms with E-state index in [0.29, 0.717) is 19.4 Å². The molecule has 34 heavy (non-hydrogen) atoms. The fourth-order valence-corrected chi connectivity index (χ4v) is 4.18. The molecule has 1 aliphatic heterocycles. The first-order valence-corrected chi connectivity index (χ1v) is 12.1. The number of halogens is 2. The van der Waals surface area contributed by atoms with Gasteiger partial charge in [-0.25, -0.2) is 0 Å². The molecule has 2 unspecified atom stereocenters. The number of amides is 2. The van der Waals surface area contributed by atoms with Crippen molar-refractivity contribution >= 4 is 17.6 Å². The van der Waals surface area contributed by atoms with Crippen LogP contribution in [-0.4, -0.2) is 58.3 Å². The van der Waals surface area contributed by atoms with Gasteiger partial charge in [-0.05, 0) is 36.7 Å². The molecule has 1 aromatic rings. The topological polar surface area (TPSA) is 86.7 Å². The van der Waals surface area contributed by atoms with Gasteiger partial charge in [-0.2, -0.15) is 8.78 Å². The molecule has 0 radical (unpaired) electrons. The smallest absolute Gasteiger partial charge is 0.332 e. The van der Waals surface area contributed by atoms with E-state index in [4.69, 9.17) is 0 Å². The normalized spacial score (nSPS) is 19.2. The molecule has 1 saturated heterocycles. The van der Waals surface area contributed by atoms with Gasteiger partial charge in [-0.1, -0.05) is 65.0 Å². The van der Waals surface area contributed by atoms with Crippen molar-refractivity contribution in [3.63, 3.8) is 0 Å². The Kier molecular flexibility index (Phi) is 9.74. The summed E-state index contributed by atoms with van der Waals surface area (Å²) in [7, 11) is 0. The number of hydrogen-bond donors (Lipinski definition) is 2. The van der Waals surface area contributed by atoms with Crippen molar-refractivity contribution in [2.24, 2.45) is 17.8 Å². The van der Waals surface area contributed by atoms with E-state index < -0.39 is 48.1 Å². The van der Waals surface area contributed by atoms with Crippen molar-refractivity contribution in [3.8, 4) is 0 Å². The molecule has 1 heterocycles. The fourth-order valence-electron chi connectivity index (χ4n) is 4.18. The van der Waals surface area contributed by atoms with Crippen molar-refractivity contribution < 1.29 is 28.3 Å². The van der Waals surface area contributed by atoms with Crippen LogP contribution in [0.25, 0.3) is 0 Å². The fraction of sp³-hybridized carbons (Fsp3) is 0.654. The van der Waals surface area contributed by atoms with Crippen LogP contribution in [0.4, 0.5) is 8.78 Å². The summed E-state index contributed by atoms with van der Waals surface area (Å²) < 4.78 is 29.9. The third-order valence-corrected chi connectivity index (χ3v) is 6.82. The Labute approximate surface area is 201 Å². The Balaban J connectivity index is 2.09. The average molecular weight is 481 g/mol. The number of nitrogens with zero attached hydrogens (tertiary/aromatic N) is 1. The highest BCUT2D eigenvalue weighted by Gasteiger charge is 2.50. The summed E-state index contributed by atoms with van der Waals surface area (Å²) in [6.07, 6.45) is -1.61. The second kappa shape index (κ2) is 11.9. The molecule has 190 valence electrons. The maximum atomic E-state index is 14.9. The third kappa shape index (κ3) is 6.62. The maximum absolute atomic E-state index is 14.9. The van der Waals surface area contributed by atoms with Gasteiger partial charge in [0.2, 0.25) is 17.6 Å². The van der Waals surface area contributed by atoms with Crippen LogP contribution in [0, 0.1) is 17.8 Å². The highest BCUT2D eigenvalue weighted by molar-refractivity contribution is 5.90. The highest BCUT2D eigenvalue weighted by atomic mass is 19.3. The summed E-state index contributed by atoms with van der Waals surface area (Å²) >= 11 is 0. The summed E-state index contributed by atoms with van der Waals surface area (Å²) in [6, 6.07) is 6.68. The quantitative estimate of drug-likeness (QED) is 0.507. The zero-order valence-corrected chi connectivity index (χ0v) is 20.8. The van der Waals surface area contributed by atoms with Crippen LogP contribution in [0.1, 0.15) is 59.4 Å². The summed E-state index contributed by atoms with van der Waals surface area (Å²) in [6.45, 7) is 9.28. The maximum Gasteiger partial charge on any atom is 0.332 e. The van der Waals surface area contributed by atoms with Gasteiger partial charge in [0.15, 0.2) is 0 Å². The largest absolute Gasteiger partial charge is 0.384 e. The lowest BCUT2D eigenvalue weighted by molar-refractivity contribution is -0.167. The van der Waals surface area contributed by atoms with Crippen LogP contribution in [0.2, 0.25) is 0 Å². The number of benzene rings is 1. The van der Waals surface area contributed by atoms with Gasteiger partial charge in [-0.3, -0.25) is 14.4 Å². The molecule has 2 rings (SSSR count).